The van der Waals surface area contributed by atoms with Gasteiger partial charge < -0.3 is 29.9 Å². The maximum atomic E-state index is 13.3. The monoisotopic (exact) mass is 500 g/mol. The van der Waals surface area contributed by atoms with E-state index in [4.69, 9.17) is 9.47 Å². The number of aliphatic hydroxyl groups excluding tert-OH is 2. The van der Waals surface area contributed by atoms with E-state index in [1.54, 1.807) is 30.0 Å². The summed E-state index contributed by atoms with van der Waals surface area (Å²) >= 11 is 0. The molecule has 0 radical (unpaired) electrons. The first-order chi connectivity index (χ1) is 17.4. The molecule has 196 valence electrons. The number of hydrogen-bond donors (Lipinski definition) is 3. The van der Waals surface area contributed by atoms with E-state index in [1.165, 1.54) is 7.11 Å². The molecular formula is C27H36N2O7. The van der Waals surface area contributed by atoms with E-state index < -0.39 is 30.1 Å². The van der Waals surface area contributed by atoms with E-state index in [2.05, 4.69) is 5.32 Å². The maximum absolute atomic E-state index is 13.3. The number of nitrogens with zero attached hydrogens (tertiary/aromatic N) is 1. The highest BCUT2D eigenvalue weighted by molar-refractivity contribution is 5.96. The Bertz CT molecular complexity index is 1020. The number of ether oxygens (including phenoxy) is 2. The van der Waals surface area contributed by atoms with Crippen LogP contribution in [-0.4, -0.2) is 77.8 Å². The number of rotatable bonds is 8. The van der Waals surface area contributed by atoms with Gasteiger partial charge in [0.1, 0.15) is 18.5 Å². The summed E-state index contributed by atoms with van der Waals surface area (Å²) in [5.41, 5.74) is 1.28. The second-order valence-corrected chi connectivity index (χ2v) is 9.70. The Hall–Kier alpha value is -2.91. The SMILES string of the molecule is CCC(=O)N(C1CCCCCC1)C1C=C(C(=O)NCCO)C2c3cc(C=O)cc(OC)c3OC2C1O. The molecule has 1 aliphatic heterocycles. The van der Waals surface area contributed by atoms with Crippen molar-refractivity contribution in [2.24, 2.45) is 0 Å². The van der Waals surface area contributed by atoms with Crippen molar-refractivity contribution in [1.29, 1.82) is 0 Å². The molecule has 1 aromatic rings. The first-order valence-electron chi connectivity index (χ1n) is 12.9. The lowest BCUT2D eigenvalue weighted by atomic mass is 9.76. The summed E-state index contributed by atoms with van der Waals surface area (Å²) in [5.74, 6) is -0.430. The molecule has 0 spiro atoms. The first-order valence-corrected chi connectivity index (χ1v) is 12.9. The number of methoxy groups -OCH3 is 1. The summed E-state index contributed by atoms with van der Waals surface area (Å²) in [5, 5.41) is 23.6. The number of nitrogens with one attached hydrogen (secondary N) is 1. The van der Waals surface area contributed by atoms with Crippen LogP contribution in [-0.2, 0) is 9.59 Å². The molecule has 4 rings (SSSR count). The second kappa shape index (κ2) is 11.4. The van der Waals surface area contributed by atoms with Gasteiger partial charge in [0, 0.05) is 35.7 Å². The first kappa shape index (κ1) is 26.2. The fraction of sp³-hybridized carbons (Fsp3) is 0.593. The highest BCUT2D eigenvalue weighted by atomic mass is 16.5. The highest BCUT2D eigenvalue weighted by Gasteiger charge is 2.52. The molecule has 0 saturated heterocycles. The van der Waals surface area contributed by atoms with Crippen LogP contribution in [0.2, 0.25) is 0 Å². The lowest BCUT2D eigenvalue weighted by Crippen LogP contribution is -2.58. The number of aliphatic hydroxyl groups is 2. The fourth-order valence-corrected chi connectivity index (χ4v) is 5.86. The third kappa shape index (κ3) is 4.86. The Balaban J connectivity index is 1.82. The number of carbonyl (C=O) groups is 3. The van der Waals surface area contributed by atoms with Crippen molar-refractivity contribution in [3.8, 4) is 11.5 Å². The fourth-order valence-electron chi connectivity index (χ4n) is 5.86. The van der Waals surface area contributed by atoms with E-state index in [-0.39, 0.29) is 31.5 Å². The van der Waals surface area contributed by atoms with Crippen molar-refractivity contribution in [2.75, 3.05) is 20.3 Å². The molecule has 9 nitrogen and oxygen atoms in total. The van der Waals surface area contributed by atoms with Gasteiger partial charge in [-0.25, -0.2) is 0 Å². The predicted octanol–water partition coefficient (Wildman–Crippen LogP) is 2.09. The number of carbonyl (C=O) groups excluding carboxylic acids is 3. The minimum Gasteiger partial charge on any atom is -0.493 e. The number of hydrogen-bond acceptors (Lipinski definition) is 7. The third-order valence-corrected chi connectivity index (χ3v) is 7.54. The van der Waals surface area contributed by atoms with Gasteiger partial charge in [0.15, 0.2) is 11.5 Å². The Morgan fingerprint density at radius 2 is 1.94 bits per heavy atom. The van der Waals surface area contributed by atoms with Crippen molar-refractivity contribution >= 4 is 18.1 Å². The van der Waals surface area contributed by atoms with Gasteiger partial charge in [-0.1, -0.05) is 32.6 Å². The molecule has 3 aliphatic rings. The van der Waals surface area contributed by atoms with Crippen LogP contribution in [0.15, 0.2) is 23.8 Å². The van der Waals surface area contributed by atoms with Gasteiger partial charge in [-0.15, -0.1) is 0 Å². The highest BCUT2D eigenvalue weighted by Crippen LogP contribution is 2.51. The Morgan fingerprint density at radius 3 is 2.56 bits per heavy atom. The topological polar surface area (TPSA) is 125 Å². The second-order valence-electron chi connectivity index (χ2n) is 9.70. The van der Waals surface area contributed by atoms with E-state index in [0.29, 0.717) is 34.5 Å². The summed E-state index contributed by atoms with van der Waals surface area (Å²) in [7, 11) is 1.47. The molecular weight excluding hydrogens is 464 g/mol. The zero-order valence-electron chi connectivity index (χ0n) is 20.9. The van der Waals surface area contributed by atoms with Crippen LogP contribution < -0.4 is 14.8 Å². The molecule has 1 saturated carbocycles. The number of benzene rings is 1. The summed E-state index contributed by atoms with van der Waals surface area (Å²) in [4.78, 5) is 40.0. The molecule has 3 N–H and O–H groups in total. The zero-order chi connectivity index (χ0) is 25.8. The molecule has 0 bridgehead atoms. The summed E-state index contributed by atoms with van der Waals surface area (Å²) in [6, 6.07) is 2.42. The van der Waals surface area contributed by atoms with Crippen LogP contribution in [0, 0.1) is 0 Å². The summed E-state index contributed by atoms with van der Waals surface area (Å²) in [6.07, 6.45) is 6.67. The molecule has 36 heavy (non-hydrogen) atoms. The maximum Gasteiger partial charge on any atom is 0.247 e. The van der Waals surface area contributed by atoms with Gasteiger partial charge in [0.05, 0.1) is 25.7 Å². The minimum atomic E-state index is -1.10. The van der Waals surface area contributed by atoms with Crippen LogP contribution >= 0.6 is 0 Å². The summed E-state index contributed by atoms with van der Waals surface area (Å²) < 4.78 is 11.7. The molecule has 0 aromatic heterocycles. The van der Waals surface area contributed by atoms with Crippen molar-refractivity contribution in [2.45, 2.75) is 82.1 Å². The zero-order valence-corrected chi connectivity index (χ0v) is 20.9. The summed E-state index contributed by atoms with van der Waals surface area (Å²) in [6.45, 7) is 1.64. The van der Waals surface area contributed by atoms with Crippen LogP contribution in [0.1, 0.15) is 73.7 Å². The van der Waals surface area contributed by atoms with E-state index in [0.717, 1.165) is 38.5 Å². The molecule has 2 amide bonds. The van der Waals surface area contributed by atoms with Crippen LogP contribution in [0.25, 0.3) is 0 Å². The minimum absolute atomic E-state index is 0.0332. The van der Waals surface area contributed by atoms with Crippen molar-refractivity contribution < 1.29 is 34.1 Å². The van der Waals surface area contributed by atoms with Crippen molar-refractivity contribution in [3.05, 3.63) is 34.9 Å². The van der Waals surface area contributed by atoms with Gasteiger partial charge in [-0.3, -0.25) is 14.4 Å². The molecule has 4 unspecified atom stereocenters. The van der Waals surface area contributed by atoms with Crippen LogP contribution in [0.4, 0.5) is 0 Å². The standard InChI is InChI=1S/C27H36N2O7/c1-3-22(32)29(17-8-6-4-5-7-9-17)20-14-19(27(34)28-10-11-30)23-18-12-16(15-31)13-21(35-2)25(18)36-26(23)24(20)33/h12-15,17,20,23-24,26,30,33H,3-11H2,1-2H3,(H,28,34). The van der Waals surface area contributed by atoms with Crippen molar-refractivity contribution in [1.82, 2.24) is 10.2 Å². The normalized spacial score (nSPS) is 25.5. The van der Waals surface area contributed by atoms with Gasteiger partial charge in [0.25, 0.3) is 0 Å². The molecule has 1 fully saturated rings. The molecule has 1 aromatic carbocycles. The quantitative estimate of drug-likeness (QED) is 0.369. The van der Waals surface area contributed by atoms with E-state index in [9.17, 15) is 24.6 Å². The average molecular weight is 501 g/mol. The van der Waals surface area contributed by atoms with Gasteiger partial charge in [-0.05, 0) is 31.1 Å². The largest absolute Gasteiger partial charge is 0.493 e. The smallest absolute Gasteiger partial charge is 0.247 e. The van der Waals surface area contributed by atoms with Gasteiger partial charge >= 0.3 is 0 Å². The van der Waals surface area contributed by atoms with Gasteiger partial charge in [-0.2, -0.15) is 0 Å². The molecule has 2 aliphatic carbocycles. The number of aldehydes is 1. The molecule has 4 atom stereocenters. The lowest BCUT2D eigenvalue weighted by molar-refractivity contribution is -0.140. The average Bonchev–Trinajstić information content (AvgIpc) is 3.08. The molecule has 1 heterocycles. The Kier molecular flexibility index (Phi) is 8.31. The Morgan fingerprint density at radius 1 is 1.22 bits per heavy atom. The van der Waals surface area contributed by atoms with E-state index in [1.807, 2.05) is 0 Å². The lowest BCUT2D eigenvalue weighted by Gasteiger charge is -2.44. The number of amides is 2. The Labute approximate surface area is 211 Å². The van der Waals surface area contributed by atoms with Gasteiger partial charge in [0.2, 0.25) is 11.8 Å². The number of fused-ring (bicyclic) bond motifs is 3. The molecule has 9 heteroatoms. The third-order valence-electron chi connectivity index (χ3n) is 7.54. The predicted molar refractivity (Wildman–Crippen MR) is 132 cm³/mol. The van der Waals surface area contributed by atoms with Crippen LogP contribution in [0.3, 0.4) is 0 Å². The van der Waals surface area contributed by atoms with Crippen molar-refractivity contribution in [3.63, 3.8) is 0 Å². The van der Waals surface area contributed by atoms with Crippen LogP contribution in [0.5, 0.6) is 11.5 Å². The van der Waals surface area contributed by atoms with E-state index >= 15 is 0 Å².